The van der Waals surface area contributed by atoms with Gasteiger partial charge in [0.15, 0.2) is 11.5 Å². The molecule has 0 radical (unpaired) electrons. The molecule has 1 atom stereocenters. The maximum Gasteiger partial charge on any atom is 0.161 e. The highest BCUT2D eigenvalue weighted by Gasteiger charge is 2.10. The molecular formula is C18H23NO3. The third-order valence-corrected chi connectivity index (χ3v) is 3.47. The van der Waals surface area contributed by atoms with Crippen LogP contribution in [-0.4, -0.2) is 23.8 Å². The van der Waals surface area contributed by atoms with Gasteiger partial charge in [-0.05, 0) is 48.6 Å². The molecule has 2 rings (SSSR count). The molecule has 1 aromatic heterocycles. The van der Waals surface area contributed by atoms with Gasteiger partial charge in [-0.25, -0.2) is 0 Å². The Morgan fingerprint density at radius 2 is 2.09 bits per heavy atom. The first-order chi connectivity index (χ1) is 10.7. The fourth-order valence-corrected chi connectivity index (χ4v) is 2.24. The van der Waals surface area contributed by atoms with Crippen molar-refractivity contribution in [3.05, 3.63) is 53.9 Å². The van der Waals surface area contributed by atoms with Gasteiger partial charge >= 0.3 is 0 Å². The van der Waals surface area contributed by atoms with Gasteiger partial charge in [-0.2, -0.15) is 0 Å². The molecule has 118 valence electrons. The van der Waals surface area contributed by atoms with E-state index in [0.29, 0.717) is 13.0 Å². The van der Waals surface area contributed by atoms with E-state index in [2.05, 4.69) is 11.9 Å². The van der Waals surface area contributed by atoms with Crippen LogP contribution in [0.2, 0.25) is 0 Å². The van der Waals surface area contributed by atoms with E-state index >= 15 is 0 Å². The lowest BCUT2D eigenvalue weighted by Gasteiger charge is -2.13. The number of aromatic nitrogens is 1. The number of aryl methyl sites for hydroxylation is 1. The smallest absolute Gasteiger partial charge is 0.161 e. The highest BCUT2D eigenvalue weighted by Crippen LogP contribution is 2.29. The van der Waals surface area contributed by atoms with Crippen LogP contribution < -0.4 is 9.47 Å². The first-order valence-corrected chi connectivity index (χ1v) is 7.62. The molecule has 4 nitrogen and oxygen atoms in total. The fourth-order valence-electron chi connectivity index (χ4n) is 2.24. The third kappa shape index (κ3) is 4.46. The molecule has 0 saturated heterocycles. The second kappa shape index (κ2) is 8.39. The zero-order valence-corrected chi connectivity index (χ0v) is 13.2. The molecule has 0 bridgehead atoms. The Kier molecular flexibility index (Phi) is 6.22. The van der Waals surface area contributed by atoms with Crippen molar-refractivity contribution in [1.82, 2.24) is 4.98 Å². The van der Waals surface area contributed by atoms with Crippen molar-refractivity contribution in [2.75, 3.05) is 13.7 Å². The van der Waals surface area contributed by atoms with Gasteiger partial charge in [0, 0.05) is 12.4 Å². The number of hydrogen-bond donors (Lipinski definition) is 1. The van der Waals surface area contributed by atoms with Crippen molar-refractivity contribution >= 4 is 0 Å². The Bertz CT molecular complexity index is 572. The van der Waals surface area contributed by atoms with E-state index in [1.54, 1.807) is 19.5 Å². The van der Waals surface area contributed by atoms with Gasteiger partial charge in [0.25, 0.3) is 0 Å². The van der Waals surface area contributed by atoms with Gasteiger partial charge in [-0.1, -0.05) is 19.1 Å². The molecule has 2 aromatic rings. The number of ether oxygens (including phenoxy) is 2. The van der Waals surface area contributed by atoms with E-state index in [9.17, 15) is 5.11 Å². The van der Waals surface area contributed by atoms with Crippen LogP contribution in [-0.2, 0) is 6.42 Å². The van der Waals surface area contributed by atoms with Crippen LogP contribution in [0.25, 0.3) is 0 Å². The Morgan fingerprint density at radius 1 is 1.23 bits per heavy atom. The van der Waals surface area contributed by atoms with Gasteiger partial charge in [0.1, 0.15) is 0 Å². The van der Waals surface area contributed by atoms with E-state index in [0.717, 1.165) is 35.5 Å². The monoisotopic (exact) mass is 301 g/mol. The van der Waals surface area contributed by atoms with E-state index in [4.69, 9.17) is 9.47 Å². The molecule has 4 heteroatoms. The maximum absolute atomic E-state index is 10.2. The quantitative estimate of drug-likeness (QED) is 0.810. The summed E-state index contributed by atoms with van der Waals surface area (Å²) in [4.78, 5) is 4.03. The lowest BCUT2D eigenvalue weighted by Crippen LogP contribution is -2.02. The molecule has 0 aliphatic rings. The Labute approximate surface area is 131 Å². The summed E-state index contributed by atoms with van der Waals surface area (Å²) in [6.07, 6.45) is 5.27. The molecule has 0 spiro atoms. The van der Waals surface area contributed by atoms with E-state index < -0.39 is 6.10 Å². The summed E-state index contributed by atoms with van der Waals surface area (Å²) in [5.41, 5.74) is 1.97. The van der Waals surface area contributed by atoms with Crippen molar-refractivity contribution in [3.8, 4) is 11.5 Å². The molecule has 22 heavy (non-hydrogen) atoms. The number of hydrogen-bond acceptors (Lipinski definition) is 4. The van der Waals surface area contributed by atoms with Crippen LogP contribution in [0.4, 0.5) is 0 Å². The largest absolute Gasteiger partial charge is 0.493 e. The lowest BCUT2D eigenvalue weighted by molar-refractivity contribution is 0.167. The second-order valence-corrected chi connectivity index (χ2v) is 5.17. The van der Waals surface area contributed by atoms with Crippen LogP contribution in [0, 0.1) is 0 Å². The zero-order chi connectivity index (χ0) is 15.8. The normalized spacial score (nSPS) is 12.0. The van der Waals surface area contributed by atoms with Crippen LogP contribution in [0.1, 0.15) is 37.0 Å². The molecule has 0 amide bonds. The summed E-state index contributed by atoms with van der Waals surface area (Å²) in [6, 6.07) is 9.64. The molecule has 1 heterocycles. The summed E-state index contributed by atoms with van der Waals surface area (Å²) in [5.74, 6) is 1.50. The number of rotatable bonds is 8. The molecule has 0 aliphatic heterocycles. The molecule has 1 unspecified atom stereocenters. The van der Waals surface area contributed by atoms with Gasteiger partial charge in [-0.3, -0.25) is 4.98 Å². The first kappa shape index (κ1) is 16.3. The van der Waals surface area contributed by atoms with Gasteiger partial charge in [0.2, 0.25) is 0 Å². The average Bonchev–Trinajstić information content (AvgIpc) is 2.58. The van der Waals surface area contributed by atoms with E-state index in [1.807, 2.05) is 30.3 Å². The highest BCUT2D eigenvalue weighted by atomic mass is 16.5. The minimum atomic E-state index is -0.504. The van der Waals surface area contributed by atoms with Crippen LogP contribution in [0.5, 0.6) is 11.5 Å². The van der Waals surface area contributed by atoms with Crippen molar-refractivity contribution < 1.29 is 14.6 Å². The van der Waals surface area contributed by atoms with Crippen LogP contribution >= 0.6 is 0 Å². The molecule has 0 fully saturated rings. The van der Waals surface area contributed by atoms with E-state index in [-0.39, 0.29) is 0 Å². The highest BCUT2D eigenvalue weighted by molar-refractivity contribution is 5.43. The van der Waals surface area contributed by atoms with Gasteiger partial charge in [0.05, 0.1) is 19.8 Å². The predicted molar refractivity (Wildman–Crippen MR) is 86.3 cm³/mol. The summed E-state index contributed by atoms with van der Waals surface area (Å²) in [6.45, 7) is 2.73. The van der Waals surface area contributed by atoms with Gasteiger partial charge in [-0.15, -0.1) is 0 Å². The number of benzene rings is 1. The summed E-state index contributed by atoms with van der Waals surface area (Å²) in [5, 5.41) is 10.2. The fraction of sp³-hybridized carbons (Fsp3) is 0.389. The SMILES string of the molecule is CCCOc1cc(CCC(O)c2cccnc2)ccc1OC. The van der Waals surface area contributed by atoms with Crippen molar-refractivity contribution in [1.29, 1.82) is 0 Å². The predicted octanol–water partition coefficient (Wildman–Crippen LogP) is 3.55. The van der Waals surface area contributed by atoms with Crippen molar-refractivity contribution in [2.45, 2.75) is 32.3 Å². The summed E-state index contributed by atoms with van der Waals surface area (Å²) < 4.78 is 11.0. The molecule has 0 aliphatic carbocycles. The van der Waals surface area contributed by atoms with Crippen LogP contribution in [0.15, 0.2) is 42.7 Å². The Hall–Kier alpha value is -2.07. The number of aliphatic hydroxyl groups excluding tert-OH is 1. The number of aliphatic hydroxyl groups is 1. The Balaban J connectivity index is 2.00. The van der Waals surface area contributed by atoms with Crippen LogP contribution in [0.3, 0.4) is 0 Å². The van der Waals surface area contributed by atoms with Crippen molar-refractivity contribution in [3.63, 3.8) is 0 Å². The summed E-state index contributed by atoms with van der Waals surface area (Å²) >= 11 is 0. The number of nitrogens with zero attached hydrogens (tertiary/aromatic N) is 1. The first-order valence-electron chi connectivity index (χ1n) is 7.62. The van der Waals surface area contributed by atoms with E-state index in [1.165, 1.54) is 0 Å². The second-order valence-electron chi connectivity index (χ2n) is 5.17. The standard InChI is InChI=1S/C18H23NO3/c1-3-11-22-18-12-14(7-9-17(18)21-2)6-8-16(20)15-5-4-10-19-13-15/h4-5,7,9-10,12-13,16,20H,3,6,8,11H2,1-2H3. The van der Waals surface area contributed by atoms with Gasteiger partial charge < -0.3 is 14.6 Å². The number of methoxy groups -OCH3 is 1. The minimum absolute atomic E-state index is 0.504. The Morgan fingerprint density at radius 3 is 2.77 bits per heavy atom. The maximum atomic E-state index is 10.2. The molecule has 0 saturated carbocycles. The van der Waals surface area contributed by atoms with Crippen molar-refractivity contribution in [2.24, 2.45) is 0 Å². The number of pyridine rings is 1. The zero-order valence-electron chi connectivity index (χ0n) is 13.2. The lowest BCUT2D eigenvalue weighted by atomic mass is 10.0. The molecule has 1 N–H and O–H groups in total. The third-order valence-electron chi connectivity index (χ3n) is 3.47. The summed E-state index contributed by atoms with van der Waals surface area (Å²) in [7, 11) is 1.64. The molecular weight excluding hydrogens is 278 g/mol. The minimum Gasteiger partial charge on any atom is -0.493 e. The molecule has 1 aromatic carbocycles. The topological polar surface area (TPSA) is 51.6 Å². The average molecular weight is 301 g/mol.